The predicted molar refractivity (Wildman–Crippen MR) is 83.7 cm³/mol. The van der Waals surface area contributed by atoms with Crippen LogP contribution in [0.5, 0.6) is 0 Å². The van der Waals surface area contributed by atoms with Crippen molar-refractivity contribution >= 4 is 29.3 Å². The molecule has 0 radical (unpaired) electrons. The van der Waals surface area contributed by atoms with Crippen LogP contribution in [0.15, 0.2) is 24.3 Å². The molecule has 106 valence electrons. The predicted octanol–water partition coefficient (Wildman–Crippen LogP) is 2.47. The summed E-state index contributed by atoms with van der Waals surface area (Å²) in [6.45, 7) is 1.97. The largest absolute Gasteiger partial charge is 0.352 e. The van der Waals surface area contributed by atoms with Crippen LogP contribution in [-0.4, -0.2) is 30.0 Å². The molecular formula is C14H21ClN2OS. The molecule has 0 aliphatic carbocycles. The van der Waals surface area contributed by atoms with Crippen molar-refractivity contribution in [3.63, 3.8) is 0 Å². The van der Waals surface area contributed by atoms with Crippen LogP contribution in [0.3, 0.4) is 0 Å². The molecule has 19 heavy (non-hydrogen) atoms. The fourth-order valence-corrected chi connectivity index (χ4v) is 2.50. The van der Waals surface area contributed by atoms with Crippen LogP contribution >= 0.6 is 23.4 Å². The molecule has 1 rings (SSSR count). The summed E-state index contributed by atoms with van der Waals surface area (Å²) in [5, 5.41) is 3.66. The third kappa shape index (κ3) is 6.32. The number of hydrogen-bond donors (Lipinski definition) is 2. The van der Waals surface area contributed by atoms with Crippen LogP contribution < -0.4 is 11.1 Å². The second-order valence-electron chi connectivity index (χ2n) is 4.63. The Labute approximate surface area is 124 Å². The lowest BCUT2D eigenvalue weighted by atomic mass is 10.1. The summed E-state index contributed by atoms with van der Waals surface area (Å²) in [6.07, 6.45) is 3.46. The molecule has 5 heteroatoms. The van der Waals surface area contributed by atoms with Gasteiger partial charge in [-0.15, -0.1) is 0 Å². The van der Waals surface area contributed by atoms with Gasteiger partial charge in [-0.05, 0) is 49.5 Å². The summed E-state index contributed by atoms with van der Waals surface area (Å²) in [5.41, 5.74) is 6.93. The molecule has 0 aliphatic heterocycles. The normalized spacial score (nSPS) is 13.9. The van der Waals surface area contributed by atoms with E-state index in [1.165, 1.54) is 0 Å². The van der Waals surface area contributed by atoms with E-state index < -0.39 is 6.04 Å². The lowest BCUT2D eigenvalue weighted by Gasteiger charge is -2.17. The first-order valence-corrected chi connectivity index (χ1v) is 8.09. The lowest BCUT2D eigenvalue weighted by Crippen LogP contribution is -2.45. The standard InChI is InChI=1S/C14H21ClN2OS/c1-10(8-11-4-3-5-12(15)9-11)17-14(18)13(16)6-7-19-2/h3-5,9-10,13H,6-8,16H2,1-2H3,(H,17,18)/t10?,13-/m0/s1. The van der Waals surface area contributed by atoms with Crippen LogP contribution in [0.1, 0.15) is 18.9 Å². The molecule has 0 bridgehead atoms. The maximum atomic E-state index is 11.8. The average molecular weight is 301 g/mol. The molecule has 0 aliphatic rings. The van der Waals surface area contributed by atoms with Gasteiger partial charge in [0.2, 0.25) is 5.91 Å². The number of hydrogen-bond acceptors (Lipinski definition) is 3. The first-order valence-electron chi connectivity index (χ1n) is 6.32. The van der Waals surface area contributed by atoms with Crippen molar-refractivity contribution in [3.05, 3.63) is 34.9 Å². The minimum atomic E-state index is -0.422. The van der Waals surface area contributed by atoms with Gasteiger partial charge in [0.25, 0.3) is 0 Å². The van der Waals surface area contributed by atoms with Gasteiger partial charge in [-0.25, -0.2) is 0 Å². The van der Waals surface area contributed by atoms with Crippen LogP contribution in [-0.2, 0) is 11.2 Å². The minimum Gasteiger partial charge on any atom is -0.352 e. The third-order valence-electron chi connectivity index (χ3n) is 2.79. The van der Waals surface area contributed by atoms with E-state index in [9.17, 15) is 4.79 Å². The van der Waals surface area contributed by atoms with E-state index in [4.69, 9.17) is 17.3 Å². The third-order valence-corrected chi connectivity index (χ3v) is 3.67. The topological polar surface area (TPSA) is 55.1 Å². The van der Waals surface area contributed by atoms with Gasteiger partial charge in [0, 0.05) is 11.1 Å². The molecule has 0 aromatic heterocycles. The Morgan fingerprint density at radius 3 is 2.89 bits per heavy atom. The highest BCUT2D eigenvalue weighted by Crippen LogP contribution is 2.12. The molecule has 1 aromatic rings. The van der Waals surface area contributed by atoms with E-state index in [0.29, 0.717) is 11.4 Å². The van der Waals surface area contributed by atoms with Gasteiger partial charge in [0.05, 0.1) is 6.04 Å². The molecule has 1 unspecified atom stereocenters. The number of benzene rings is 1. The zero-order valence-electron chi connectivity index (χ0n) is 11.4. The van der Waals surface area contributed by atoms with E-state index in [1.807, 2.05) is 37.4 Å². The summed E-state index contributed by atoms with van der Waals surface area (Å²) in [7, 11) is 0. The quantitative estimate of drug-likeness (QED) is 0.813. The van der Waals surface area contributed by atoms with Crippen LogP contribution in [0.4, 0.5) is 0 Å². The average Bonchev–Trinajstić information content (AvgIpc) is 2.35. The first-order chi connectivity index (χ1) is 9.02. The molecule has 3 nitrogen and oxygen atoms in total. The zero-order chi connectivity index (χ0) is 14.3. The molecular weight excluding hydrogens is 280 g/mol. The van der Waals surface area contributed by atoms with Gasteiger partial charge in [-0.1, -0.05) is 23.7 Å². The Kier molecular flexibility index (Phi) is 7.28. The summed E-state index contributed by atoms with van der Waals surface area (Å²) in [5.74, 6) is 0.820. The molecule has 0 heterocycles. The highest BCUT2D eigenvalue weighted by molar-refractivity contribution is 7.98. The number of rotatable bonds is 7. The molecule has 0 spiro atoms. The Morgan fingerprint density at radius 1 is 1.53 bits per heavy atom. The van der Waals surface area contributed by atoms with Crippen LogP contribution in [0, 0.1) is 0 Å². The monoisotopic (exact) mass is 300 g/mol. The molecule has 0 saturated heterocycles. The fourth-order valence-electron chi connectivity index (χ4n) is 1.79. The van der Waals surface area contributed by atoms with Gasteiger partial charge < -0.3 is 11.1 Å². The number of halogens is 1. The van der Waals surface area contributed by atoms with Gasteiger partial charge in [-0.2, -0.15) is 11.8 Å². The Hall–Kier alpha value is -0.710. The van der Waals surface area contributed by atoms with Crippen molar-refractivity contribution in [2.24, 2.45) is 5.73 Å². The number of nitrogens with two attached hydrogens (primary N) is 1. The summed E-state index contributed by atoms with van der Waals surface area (Å²) in [6, 6.07) is 7.30. The molecule has 1 aromatic carbocycles. The Balaban J connectivity index is 2.42. The number of carbonyl (C=O) groups is 1. The minimum absolute atomic E-state index is 0.0475. The second kappa shape index (κ2) is 8.46. The van der Waals surface area contributed by atoms with Crippen molar-refractivity contribution in [1.29, 1.82) is 0 Å². The lowest BCUT2D eigenvalue weighted by molar-refractivity contribution is -0.122. The summed E-state index contributed by atoms with van der Waals surface area (Å²) >= 11 is 7.63. The highest BCUT2D eigenvalue weighted by atomic mass is 35.5. The van der Waals surface area contributed by atoms with Crippen molar-refractivity contribution in [3.8, 4) is 0 Å². The van der Waals surface area contributed by atoms with Crippen molar-refractivity contribution in [1.82, 2.24) is 5.32 Å². The van der Waals surface area contributed by atoms with Crippen LogP contribution in [0.25, 0.3) is 0 Å². The smallest absolute Gasteiger partial charge is 0.237 e. The molecule has 3 N–H and O–H groups in total. The van der Waals surface area contributed by atoms with Gasteiger partial charge in [-0.3, -0.25) is 4.79 Å². The van der Waals surface area contributed by atoms with E-state index in [0.717, 1.165) is 17.7 Å². The second-order valence-corrected chi connectivity index (χ2v) is 6.05. The molecule has 2 atom stereocenters. The van der Waals surface area contributed by atoms with Gasteiger partial charge in [0.1, 0.15) is 0 Å². The Morgan fingerprint density at radius 2 is 2.26 bits per heavy atom. The number of nitrogens with one attached hydrogen (secondary N) is 1. The summed E-state index contributed by atoms with van der Waals surface area (Å²) in [4.78, 5) is 11.8. The maximum absolute atomic E-state index is 11.8. The van der Waals surface area contributed by atoms with E-state index in [1.54, 1.807) is 11.8 Å². The van der Waals surface area contributed by atoms with E-state index in [2.05, 4.69) is 5.32 Å². The van der Waals surface area contributed by atoms with Gasteiger partial charge in [0.15, 0.2) is 0 Å². The number of carbonyl (C=O) groups excluding carboxylic acids is 1. The SMILES string of the molecule is CSCC[C@H](N)C(=O)NC(C)Cc1cccc(Cl)c1. The highest BCUT2D eigenvalue weighted by Gasteiger charge is 2.15. The number of thioether (sulfide) groups is 1. The fraction of sp³-hybridized carbons (Fsp3) is 0.500. The molecule has 0 fully saturated rings. The van der Waals surface area contributed by atoms with Crippen molar-refractivity contribution in [2.75, 3.05) is 12.0 Å². The van der Waals surface area contributed by atoms with E-state index in [-0.39, 0.29) is 11.9 Å². The summed E-state index contributed by atoms with van der Waals surface area (Å²) < 4.78 is 0. The van der Waals surface area contributed by atoms with E-state index >= 15 is 0 Å². The van der Waals surface area contributed by atoms with Crippen molar-refractivity contribution < 1.29 is 4.79 Å². The van der Waals surface area contributed by atoms with Crippen molar-refractivity contribution in [2.45, 2.75) is 31.8 Å². The van der Waals surface area contributed by atoms with Gasteiger partial charge >= 0.3 is 0 Å². The molecule has 1 amide bonds. The Bertz CT molecular complexity index is 414. The number of amides is 1. The zero-order valence-corrected chi connectivity index (χ0v) is 12.9. The first kappa shape index (κ1) is 16.3. The van der Waals surface area contributed by atoms with Crippen LogP contribution in [0.2, 0.25) is 5.02 Å². The maximum Gasteiger partial charge on any atom is 0.237 e. The molecule has 0 saturated carbocycles.